The number of hydrogen-bond donors (Lipinski definition) is 1. The summed E-state index contributed by atoms with van der Waals surface area (Å²) < 4.78 is 0. The Hall–Kier alpha value is -0.790. The Morgan fingerprint density at radius 1 is 1.54 bits per heavy atom. The molecule has 0 heterocycles. The second-order valence-electron chi connectivity index (χ2n) is 4.35. The summed E-state index contributed by atoms with van der Waals surface area (Å²) in [5.74, 6) is 1.72. The summed E-state index contributed by atoms with van der Waals surface area (Å²) in [4.78, 5) is 11.5. The second kappa shape index (κ2) is 3.17. The molecule has 3 atom stereocenters. The van der Waals surface area contributed by atoms with Crippen molar-refractivity contribution in [3.63, 3.8) is 0 Å². The van der Waals surface area contributed by atoms with Crippen LogP contribution in [0.25, 0.3) is 0 Å². The molecule has 2 heteroatoms. The lowest BCUT2D eigenvalue weighted by Crippen LogP contribution is -2.41. The molecule has 0 radical (unpaired) electrons. The van der Waals surface area contributed by atoms with E-state index in [-0.39, 0.29) is 11.8 Å². The third kappa shape index (κ3) is 1.38. The summed E-state index contributed by atoms with van der Waals surface area (Å²) in [6, 6.07) is 0. The molecule has 1 N–H and O–H groups in total. The van der Waals surface area contributed by atoms with Gasteiger partial charge in [-0.3, -0.25) is 4.79 Å². The highest BCUT2D eigenvalue weighted by atomic mass is 16.1. The Morgan fingerprint density at radius 3 is 2.77 bits per heavy atom. The molecule has 3 unspecified atom stereocenters. The summed E-state index contributed by atoms with van der Waals surface area (Å²) >= 11 is 0. The zero-order valence-electron chi connectivity index (χ0n) is 8.18. The molecule has 0 saturated heterocycles. The van der Waals surface area contributed by atoms with Crippen molar-refractivity contribution in [3.8, 4) is 0 Å². The lowest BCUT2D eigenvalue weighted by molar-refractivity contribution is -0.128. The van der Waals surface area contributed by atoms with Gasteiger partial charge in [-0.2, -0.15) is 0 Å². The molecule has 3 aliphatic rings. The summed E-state index contributed by atoms with van der Waals surface area (Å²) in [5.41, 5.74) is 1.39. The smallest absolute Gasteiger partial charge is 0.223 e. The summed E-state index contributed by atoms with van der Waals surface area (Å²) in [6.07, 6.45) is 4.62. The highest BCUT2D eigenvalue weighted by Crippen LogP contribution is 2.47. The molecule has 2 bridgehead atoms. The zero-order chi connectivity index (χ0) is 9.42. The molecule has 0 spiro atoms. The van der Waals surface area contributed by atoms with Crippen LogP contribution in [-0.2, 0) is 4.79 Å². The number of allylic oxidation sites excluding steroid dienone is 1. The maximum absolute atomic E-state index is 11.5. The average Bonchev–Trinajstić information content (AvgIpc) is 2.17. The van der Waals surface area contributed by atoms with E-state index in [0.29, 0.717) is 11.8 Å². The summed E-state index contributed by atoms with van der Waals surface area (Å²) in [5, 5.41) is 2.77. The monoisotopic (exact) mass is 179 g/mol. The molecular weight excluding hydrogens is 162 g/mol. The van der Waals surface area contributed by atoms with Gasteiger partial charge >= 0.3 is 0 Å². The third-order valence-corrected chi connectivity index (χ3v) is 3.68. The fourth-order valence-electron chi connectivity index (χ4n) is 2.86. The first-order valence-corrected chi connectivity index (χ1v) is 5.11. The van der Waals surface area contributed by atoms with Gasteiger partial charge in [0.25, 0.3) is 0 Å². The van der Waals surface area contributed by atoms with Crippen molar-refractivity contribution >= 4 is 5.91 Å². The van der Waals surface area contributed by atoms with Crippen LogP contribution in [0.1, 0.15) is 25.7 Å². The van der Waals surface area contributed by atoms with Crippen LogP contribution in [0.4, 0.5) is 0 Å². The highest BCUT2D eigenvalue weighted by Gasteiger charge is 2.40. The fourth-order valence-corrected chi connectivity index (χ4v) is 2.86. The standard InChI is InChI=1S/C11H17NO/c1-7-5-9-4-3-8(7)6-10(9)11(13)12-2/h8-10H,1,3-6H2,2H3,(H,12,13). The molecule has 72 valence electrons. The molecule has 3 saturated carbocycles. The molecule has 0 aromatic carbocycles. The van der Waals surface area contributed by atoms with E-state index in [0.717, 1.165) is 12.8 Å². The lowest BCUT2D eigenvalue weighted by Gasteiger charge is -2.42. The van der Waals surface area contributed by atoms with Gasteiger partial charge in [0.1, 0.15) is 0 Å². The zero-order valence-corrected chi connectivity index (χ0v) is 8.18. The van der Waals surface area contributed by atoms with Crippen LogP contribution in [0, 0.1) is 17.8 Å². The molecule has 13 heavy (non-hydrogen) atoms. The summed E-state index contributed by atoms with van der Waals surface area (Å²) in [7, 11) is 1.74. The van der Waals surface area contributed by atoms with E-state index >= 15 is 0 Å². The molecule has 0 aliphatic heterocycles. The Balaban J connectivity index is 2.10. The van der Waals surface area contributed by atoms with Crippen LogP contribution < -0.4 is 5.32 Å². The molecule has 3 aliphatic carbocycles. The van der Waals surface area contributed by atoms with Gasteiger partial charge in [0.05, 0.1) is 0 Å². The lowest BCUT2D eigenvalue weighted by atomic mass is 9.62. The van der Waals surface area contributed by atoms with Crippen LogP contribution >= 0.6 is 0 Å². The number of fused-ring (bicyclic) bond motifs is 3. The maximum Gasteiger partial charge on any atom is 0.223 e. The van der Waals surface area contributed by atoms with Gasteiger partial charge in [0.2, 0.25) is 5.91 Å². The van der Waals surface area contributed by atoms with Crippen LogP contribution in [0.2, 0.25) is 0 Å². The van der Waals surface area contributed by atoms with Gasteiger partial charge in [0, 0.05) is 13.0 Å². The first-order valence-electron chi connectivity index (χ1n) is 5.11. The van der Waals surface area contributed by atoms with Crippen LogP contribution in [0.15, 0.2) is 12.2 Å². The Morgan fingerprint density at radius 2 is 2.31 bits per heavy atom. The molecule has 3 fully saturated rings. The minimum atomic E-state index is 0.238. The van der Waals surface area contributed by atoms with Crippen molar-refractivity contribution in [1.29, 1.82) is 0 Å². The normalized spacial score (nSPS) is 37.6. The first-order chi connectivity index (χ1) is 6.22. The molecular formula is C11H17NO. The molecule has 0 aromatic rings. The minimum absolute atomic E-state index is 0.238. The van der Waals surface area contributed by atoms with E-state index in [1.165, 1.54) is 18.4 Å². The largest absolute Gasteiger partial charge is 0.359 e. The third-order valence-electron chi connectivity index (χ3n) is 3.68. The molecule has 1 amide bonds. The van der Waals surface area contributed by atoms with Gasteiger partial charge in [-0.25, -0.2) is 0 Å². The first kappa shape index (κ1) is 8.79. The summed E-state index contributed by atoms with van der Waals surface area (Å²) in [6.45, 7) is 4.08. The quantitative estimate of drug-likeness (QED) is 0.610. The SMILES string of the molecule is C=C1CC2CCC1CC2C(=O)NC. The number of rotatable bonds is 1. The van der Waals surface area contributed by atoms with Gasteiger partial charge in [-0.15, -0.1) is 0 Å². The van der Waals surface area contributed by atoms with Gasteiger partial charge in [-0.05, 0) is 37.5 Å². The minimum Gasteiger partial charge on any atom is -0.359 e. The van der Waals surface area contributed by atoms with Crippen molar-refractivity contribution in [2.75, 3.05) is 7.05 Å². The highest BCUT2D eigenvalue weighted by molar-refractivity contribution is 5.79. The van der Waals surface area contributed by atoms with Gasteiger partial charge in [-0.1, -0.05) is 12.2 Å². The van der Waals surface area contributed by atoms with Gasteiger partial charge < -0.3 is 5.32 Å². The average molecular weight is 179 g/mol. The number of amides is 1. The molecule has 3 rings (SSSR count). The number of carbonyl (C=O) groups excluding carboxylic acids is 1. The van der Waals surface area contributed by atoms with E-state index in [2.05, 4.69) is 11.9 Å². The molecule has 0 aromatic heterocycles. The Labute approximate surface area is 79.4 Å². The predicted octanol–water partition coefficient (Wildman–Crippen LogP) is 1.72. The topological polar surface area (TPSA) is 29.1 Å². The van der Waals surface area contributed by atoms with Crippen molar-refractivity contribution in [2.45, 2.75) is 25.7 Å². The Bertz CT molecular complexity index is 246. The second-order valence-corrected chi connectivity index (χ2v) is 4.35. The van der Waals surface area contributed by atoms with E-state index in [1.54, 1.807) is 7.05 Å². The van der Waals surface area contributed by atoms with Crippen LogP contribution in [0.5, 0.6) is 0 Å². The predicted molar refractivity (Wildman–Crippen MR) is 52.1 cm³/mol. The van der Waals surface area contributed by atoms with Crippen molar-refractivity contribution < 1.29 is 4.79 Å². The van der Waals surface area contributed by atoms with E-state index in [4.69, 9.17) is 0 Å². The maximum atomic E-state index is 11.5. The van der Waals surface area contributed by atoms with Crippen molar-refractivity contribution in [1.82, 2.24) is 5.32 Å². The van der Waals surface area contributed by atoms with E-state index < -0.39 is 0 Å². The molecule has 2 nitrogen and oxygen atoms in total. The van der Waals surface area contributed by atoms with Crippen molar-refractivity contribution in [2.24, 2.45) is 17.8 Å². The van der Waals surface area contributed by atoms with E-state index in [1.807, 2.05) is 0 Å². The van der Waals surface area contributed by atoms with Crippen LogP contribution in [0.3, 0.4) is 0 Å². The number of carbonyl (C=O) groups is 1. The number of hydrogen-bond acceptors (Lipinski definition) is 1. The fraction of sp³-hybridized carbons (Fsp3) is 0.727. The Kier molecular flexibility index (Phi) is 2.14. The van der Waals surface area contributed by atoms with Crippen LogP contribution in [-0.4, -0.2) is 13.0 Å². The number of nitrogens with one attached hydrogen (secondary N) is 1. The van der Waals surface area contributed by atoms with Crippen molar-refractivity contribution in [3.05, 3.63) is 12.2 Å². The van der Waals surface area contributed by atoms with Gasteiger partial charge in [0.15, 0.2) is 0 Å². The van der Waals surface area contributed by atoms with E-state index in [9.17, 15) is 4.79 Å².